The minimum Gasteiger partial charge on any atom is -0.369 e. The maximum atomic E-state index is 5.85. The Morgan fingerprint density at radius 1 is 1.00 bits per heavy atom. The van der Waals surface area contributed by atoms with Crippen molar-refractivity contribution in [1.29, 1.82) is 0 Å². The molecule has 0 radical (unpaired) electrons. The Balaban J connectivity index is 1.08. The van der Waals surface area contributed by atoms with Crippen molar-refractivity contribution in [2.75, 3.05) is 44.3 Å². The fourth-order valence-electron chi connectivity index (χ4n) is 5.51. The van der Waals surface area contributed by atoms with Gasteiger partial charge in [-0.3, -0.25) is 9.88 Å². The highest BCUT2D eigenvalue weighted by atomic mass is 16.7. The van der Waals surface area contributed by atoms with Crippen molar-refractivity contribution in [1.82, 2.24) is 24.9 Å². The Kier molecular flexibility index (Phi) is 6.06. The van der Waals surface area contributed by atoms with Gasteiger partial charge in [-0.15, -0.1) is 5.10 Å². The number of aromatic nitrogens is 4. The number of benzene rings is 1. The molecule has 3 aromatic rings. The summed E-state index contributed by atoms with van der Waals surface area (Å²) in [5.74, 6) is 0. The van der Waals surface area contributed by atoms with Crippen molar-refractivity contribution in [3.8, 4) is 11.3 Å². The molecule has 3 aliphatic rings. The standard InChI is InChI=1S/C28H36N6O2/c1-21-16-22(32-12-14-33(15-13-32)28(9-10-28)25-6-4-5-11-29-25)7-8-23(21)24-17-34(31-30-24)18-26-35-19-27(2,3)20-36-26/h4-8,11,16-17,26H,9-10,12-15,18-20H2,1-3H3. The molecule has 0 amide bonds. The number of ether oxygens (including phenoxy) is 2. The van der Waals surface area contributed by atoms with Crippen LogP contribution in [0.5, 0.6) is 0 Å². The third-order valence-electron chi connectivity index (χ3n) is 7.80. The van der Waals surface area contributed by atoms with Crippen LogP contribution in [0.3, 0.4) is 0 Å². The van der Waals surface area contributed by atoms with Crippen molar-refractivity contribution in [3.05, 3.63) is 60.0 Å². The first kappa shape index (κ1) is 23.6. The average molecular weight is 489 g/mol. The van der Waals surface area contributed by atoms with Crippen LogP contribution in [0.15, 0.2) is 48.8 Å². The fraction of sp³-hybridized carbons (Fsp3) is 0.536. The van der Waals surface area contributed by atoms with Gasteiger partial charge < -0.3 is 14.4 Å². The van der Waals surface area contributed by atoms with E-state index in [2.05, 4.69) is 76.2 Å². The molecule has 4 heterocycles. The molecule has 0 N–H and O–H groups in total. The van der Waals surface area contributed by atoms with Crippen LogP contribution in [-0.4, -0.2) is 70.6 Å². The van der Waals surface area contributed by atoms with E-state index in [1.165, 1.54) is 29.8 Å². The van der Waals surface area contributed by atoms with Gasteiger partial charge in [0.2, 0.25) is 0 Å². The van der Waals surface area contributed by atoms with Gasteiger partial charge in [0.15, 0.2) is 6.29 Å². The summed E-state index contributed by atoms with van der Waals surface area (Å²) in [6.07, 6.45) is 6.07. The zero-order valence-electron chi connectivity index (χ0n) is 21.6. The Bertz CT molecular complexity index is 1190. The summed E-state index contributed by atoms with van der Waals surface area (Å²) < 4.78 is 13.5. The smallest absolute Gasteiger partial charge is 0.177 e. The van der Waals surface area contributed by atoms with Gasteiger partial charge in [-0.1, -0.05) is 31.2 Å². The highest BCUT2D eigenvalue weighted by Crippen LogP contribution is 2.50. The molecule has 2 aliphatic heterocycles. The quantitative estimate of drug-likeness (QED) is 0.522. The Labute approximate surface area is 213 Å². The van der Waals surface area contributed by atoms with Crippen LogP contribution < -0.4 is 4.90 Å². The third kappa shape index (κ3) is 4.65. The highest BCUT2D eigenvalue weighted by Gasteiger charge is 2.51. The maximum absolute atomic E-state index is 5.85. The van der Waals surface area contributed by atoms with E-state index >= 15 is 0 Å². The molecule has 0 atom stereocenters. The molecular weight excluding hydrogens is 452 g/mol. The summed E-state index contributed by atoms with van der Waals surface area (Å²) >= 11 is 0. The second-order valence-electron chi connectivity index (χ2n) is 11.3. The third-order valence-corrected chi connectivity index (χ3v) is 7.80. The summed E-state index contributed by atoms with van der Waals surface area (Å²) in [7, 11) is 0. The first-order valence-corrected chi connectivity index (χ1v) is 13.1. The molecule has 6 rings (SSSR count). The lowest BCUT2D eigenvalue weighted by atomic mass is 9.96. The van der Waals surface area contributed by atoms with Crippen LogP contribution in [-0.2, 0) is 21.6 Å². The largest absolute Gasteiger partial charge is 0.369 e. The molecule has 36 heavy (non-hydrogen) atoms. The monoisotopic (exact) mass is 488 g/mol. The fourth-order valence-corrected chi connectivity index (χ4v) is 5.51. The van der Waals surface area contributed by atoms with Crippen molar-refractivity contribution >= 4 is 5.69 Å². The molecule has 8 nitrogen and oxygen atoms in total. The molecular formula is C28H36N6O2. The average Bonchev–Trinajstić information content (AvgIpc) is 3.58. The zero-order valence-corrected chi connectivity index (χ0v) is 21.6. The minimum atomic E-state index is -0.276. The molecule has 2 aromatic heterocycles. The van der Waals surface area contributed by atoms with E-state index in [0.717, 1.165) is 37.4 Å². The van der Waals surface area contributed by atoms with Crippen LogP contribution >= 0.6 is 0 Å². The van der Waals surface area contributed by atoms with Gasteiger partial charge >= 0.3 is 0 Å². The van der Waals surface area contributed by atoms with Gasteiger partial charge in [0.1, 0.15) is 5.69 Å². The Morgan fingerprint density at radius 3 is 2.44 bits per heavy atom. The van der Waals surface area contributed by atoms with Crippen molar-refractivity contribution in [2.24, 2.45) is 5.41 Å². The van der Waals surface area contributed by atoms with Crippen LogP contribution in [0.4, 0.5) is 5.69 Å². The predicted molar refractivity (Wildman–Crippen MR) is 139 cm³/mol. The van der Waals surface area contributed by atoms with Crippen LogP contribution in [0.2, 0.25) is 0 Å². The first-order valence-electron chi connectivity index (χ1n) is 13.1. The van der Waals surface area contributed by atoms with E-state index in [4.69, 9.17) is 9.47 Å². The Morgan fingerprint density at radius 2 is 1.78 bits per heavy atom. The lowest BCUT2D eigenvalue weighted by molar-refractivity contribution is -0.227. The van der Waals surface area contributed by atoms with Gasteiger partial charge in [-0.05, 0) is 49.6 Å². The molecule has 1 saturated carbocycles. The molecule has 2 saturated heterocycles. The SMILES string of the molecule is Cc1cc(N2CCN(C3(c4ccccn4)CC3)CC2)ccc1-c1cn(CC2OCC(C)(C)CO2)nn1. The second-order valence-corrected chi connectivity index (χ2v) is 11.3. The van der Waals surface area contributed by atoms with Gasteiger partial charge in [0.25, 0.3) is 0 Å². The highest BCUT2D eigenvalue weighted by molar-refractivity contribution is 5.67. The van der Waals surface area contributed by atoms with Crippen molar-refractivity contribution < 1.29 is 9.47 Å². The molecule has 190 valence electrons. The number of hydrogen-bond donors (Lipinski definition) is 0. The Hall–Kier alpha value is -2.81. The van der Waals surface area contributed by atoms with E-state index in [1.54, 1.807) is 0 Å². The number of piperazine rings is 1. The van der Waals surface area contributed by atoms with Crippen LogP contribution in [0.1, 0.15) is 37.9 Å². The van der Waals surface area contributed by atoms with Gasteiger partial charge in [0.05, 0.1) is 37.2 Å². The molecule has 0 spiro atoms. The number of pyridine rings is 1. The zero-order chi connectivity index (χ0) is 24.8. The van der Waals surface area contributed by atoms with E-state index in [0.29, 0.717) is 19.8 Å². The van der Waals surface area contributed by atoms with Gasteiger partial charge in [0, 0.05) is 49.0 Å². The molecule has 0 unspecified atom stereocenters. The van der Waals surface area contributed by atoms with Crippen molar-refractivity contribution in [2.45, 2.75) is 52.0 Å². The molecule has 8 heteroatoms. The number of aryl methyl sites for hydroxylation is 1. The van der Waals surface area contributed by atoms with E-state index < -0.39 is 0 Å². The van der Waals surface area contributed by atoms with Crippen LogP contribution in [0.25, 0.3) is 11.3 Å². The molecule has 1 aromatic carbocycles. The number of rotatable bonds is 6. The summed E-state index contributed by atoms with van der Waals surface area (Å²) in [4.78, 5) is 9.82. The summed E-state index contributed by atoms with van der Waals surface area (Å²) in [5, 5.41) is 8.76. The number of nitrogens with zero attached hydrogens (tertiary/aromatic N) is 6. The topological polar surface area (TPSA) is 68.5 Å². The van der Waals surface area contributed by atoms with Crippen molar-refractivity contribution in [3.63, 3.8) is 0 Å². The number of anilines is 1. The lowest BCUT2D eigenvalue weighted by Crippen LogP contribution is -2.50. The predicted octanol–water partition coefficient (Wildman–Crippen LogP) is 3.86. The maximum Gasteiger partial charge on any atom is 0.177 e. The van der Waals surface area contributed by atoms with Gasteiger partial charge in [-0.2, -0.15) is 0 Å². The second kappa shape index (κ2) is 9.25. The lowest BCUT2D eigenvalue weighted by Gasteiger charge is -2.40. The summed E-state index contributed by atoms with van der Waals surface area (Å²) in [6.45, 7) is 12.6. The van der Waals surface area contributed by atoms with E-state index in [9.17, 15) is 0 Å². The molecule has 3 fully saturated rings. The van der Waals surface area contributed by atoms with E-state index in [-0.39, 0.29) is 17.2 Å². The summed E-state index contributed by atoms with van der Waals surface area (Å²) in [6, 6.07) is 13.0. The number of hydrogen-bond acceptors (Lipinski definition) is 7. The van der Waals surface area contributed by atoms with Crippen LogP contribution in [0, 0.1) is 12.3 Å². The first-order chi connectivity index (χ1) is 17.4. The van der Waals surface area contributed by atoms with Gasteiger partial charge in [-0.25, -0.2) is 4.68 Å². The normalized spacial score (nSPS) is 22.0. The molecule has 1 aliphatic carbocycles. The minimum absolute atomic E-state index is 0.0634. The molecule has 0 bridgehead atoms. The van der Waals surface area contributed by atoms with E-state index in [1.807, 2.05) is 23.1 Å². The summed E-state index contributed by atoms with van der Waals surface area (Å²) in [5.41, 5.74) is 5.95.